The Balaban J connectivity index is 3.17. The van der Waals surface area contributed by atoms with E-state index in [0.29, 0.717) is 5.56 Å². The normalized spacial score (nSPS) is 14.8. The van der Waals surface area contributed by atoms with Crippen LogP contribution in [-0.4, -0.2) is 19.4 Å². The highest BCUT2D eigenvalue weighted by atomic mass is 32.2. The average molecular weight is 245 g/mol. The van der Waals surface area contributed by atoms with E-state index in [9.17, 15) is 12.8 Å². The third kappa shape index (κ3) is 2.41. The molecule has 0 bridgehead atoms. The smallest absolute Gasteiger partial charge is 0.154 e. The molecule has 0 aromatic heterocycles. The lowest BCUT2D eigenvalue weighted by Gasteiger charge is -2.29. The van der Waals surface area contributed by atoms with Crippen LogP contribution in [0.25, 0.3) is 0 Å². The summed E-state index contributed by atoms with van der Waals surface area (Å²) in [5.74, 6) is -0.419. The monoisotopic (exact) mass is 245 g/mol. The Bertz CT molecular complexity index is 483. The Morgan fingerprint density at radius 3 is 2.38 bits per heavy atom. The number of nitrogens with two attached hydrogens (primary N) is 1. The summed E-state index contributed by atoms with van der Waals surface area (Å²) in [7, 11) is -3.31. The second-order valence-electron chi connectivity index (χ2n) is 4.41. The Labute approximate surface area is 95.4 Å². The topological polar surface area (TPSA) is 60.2 Å². The molecule has 1 atom stereocenters. The Hall–Kier alpha value is -0.940. The molecule has 1 unspecified atom stereocenters. The van der Waals surface area contributed by atoms with E-state index in [1.807, 2.05) is 0 Å². The van der Waals surface area contributed by atoms with Crippen molar-refractivity contribution in [3.8, 4) is 0 Å². The van der Waals surface area contributed by atoms with Crippen LogP contribution in [0.1, 0.15) is 25.5 Å². The van der Waals surface area contributed by atoms with Gasteiger partial charge in [0.15, 0.2) is 9.84 Å². The van der Waals surface area contributed by atoms with Gasteiger partial charge in [0, 0.05) is 12.3 Å². The van der Waals surface area contributed by atoms with Crippen molar-refractivity contribution in [2.75, 3.05) is 6.26 Å². The van der Waals surface area contributed by atoms with E-state index in [-0.39, 0.29) is 0 Å². The fourth-order valence-electron chi connectivity index (χ4n) is 1.33. The van der Waals surface area contributed by atoms with Crippen molar-refractivity contribution in [3.05, 3.63) is 35.6 Å². The Morgan fingerprint density at radius 2 is 1.94 bits per heavy atom. The molecule has 1 aromatic carbocycles. The maximum absolute atomic E-state index is 13.0. The maximum atomic E-state index is 13.0. The second-order valence-corrected chi connectivity index (χ2v) is 7.00. The van der Waals surface area contributed by atoms with E-state index in [1.165, 1.54) is 32.0 Å². The van der Waals surface area contributed by atoms with Gasteiger partial charge in [-0.25, -0.2) is 12.8 Å². The number of rotatable bonds is 3. The van der Waals surface area contributed by atoms with Gasteiger partial charge in [-0.1, -0.05) is 12.1 Å². The summed E-state index contributed by atoms with van der Waals surface area (Å²) in [5, 5.41) is 0. The van der Waals surface area contributed by atoms with Gasteiger partial charge in [0.25, 0.3) is 0 Å². The minimum absolute atomic E-state index is 0.419. The predicted octanol–water partition coefficient (Wildman–Crippen LogP) is 1.65. The van der Waals surface area contributed by atoms with Gasteiger partial charge < -0.3 is 5.73 Å². The third-order valence-electron chi connectivity index (χ3n) is 2.91. The number of hydrogen-bond donors (Lipinski definition) is 1. The van der Waals surface area contributed by atoms with Crippen molar-refractivity contribution < 1.29 is 12.8 Å². The van der Waals surface area contributed by atoms with Gasteiger partial charge >= 0.3 is 0 Å². The molecule has 1 aromatic rings. The largest absolute Gasteiger partial charge is 0.323 e. The summed E-state index contributed by atoms with van der Waals surface area (Å²) >= 11 is 0. The van der Waals surface area contributed by atoms with Crippen LogP contribution in [0, 0.1) is 5.82 Å². The highest BCUT2D eigenvalue weighted by Gasteiger charge is 2.37. The van der Waals surface area contributed by atoms with E-state index in [1.54, 1.807) is 6.07 Å². The average Bonchev–Trinajstić information content (AvgIpc) is 2.14. The summed E-state index contributed by atoms with van der Waals surface area (Å²) in [6, 6.07) is 4.95. The van der Waals surface area contributed by atoms with E-state index in [4.69, 9.17) is 5.73 Å². The first-order chi connectivity index (χ1) is 7.16. The number of sulfone groups is 1. The lowest BCUT2D eigenvalue weighted by molar-refractivity contribution is 0.494. The molecule has 16 heavy (non-hydrogen) atoms. The zero-order chi connectivity index (χ0) is 12.6. The predicted molar refractivity (Wildman–Crippen MR) is 62.3 cm³/mol. The molecule has 0 fully saturated rings. The molecule has 0 spiro atoms. The zero-order valence-electron chi connectivity index (χ0n) is 9.57. The van der Waals surface area contributed by atoms with Gasteiger partial charge in [-0.15, -0.1) is 0 Å². The van der Waals surface area contributed by atoms with Gasteiger partial charge in [-0.3, -0.25) is 0 Å². The fourth-order valence-corrected chi connectivity index (χ4v) is 1.93. The first-order valence-corrected chi connectivity index (χ1v) is 6.76. The summed E-state index contributed by atoms with van der Waals surface area (Å²) in [6.45, 7) is 3.08. The van der Waals surface area contributed by atoms with Crippen molar-refractivity contribution in [2.24, 2.45) is 5.73 Å². The van der Waals surface area contributed by atoms with E-state index in [0.717, 1.165) is 6.26 Å². The third-order valence-corrected chi connectivity index (χ3v) is 5.08. The Morgan fingerprint density at radius 1 is 1.38 bits per heavy atom. The minimum atomic E-state index is -3.31. The van der Waals surface area contributed by atoms with Gasteiger partial charge in [0.2, 0.25) is 0 Å². The highest BCUT2D eigenvalue weighted by molar-refractivity contribution is 7.92. The van der Waals surface area contributed by atoms with Crippen molar-refractivity contribution in [1.82, 2.24) is 0 Å². The van der Waals surface area contributed by atoms with Gasteiger partial charge in [-0.2, -0.15) is 0 Å². The van der Waals surface area contributed by atoms with E-state index >= 15 is 0 Å². The van der Waals surface area contributed by atoms with Gasteiger partial charge in [-0.05, 0) is 31.5 Å². The standard InChI is InChI=1S/C11H16FNO2S/c1-11(2,16(3,14)15)10(13)8-5-4-6-9(12)7-8/h4-7,10H,13H2,1-3H3. The van der Waals surface area contributed by atoms with Crippen molar-refractivity contribution in [3.63, 3.8) is 0 Å². The van der Waals surface area contributed by atoms with Crippen molar-refractivity contribution in [2.45, 2.75) is 24.6 Å². The van der Waals surface area contributed by atoms with Crippen molar-refractivity contribution >= 4 is 9.84 Å². The van der Waals surface area contributed by atoms with Crippen LogP contribution >= 0.6 is 0 Å². The lowest BCUT2D eigenvalue weighted by atomic mass is 9.96. The summed E-state index contributed by atoms with van der Waals surface area (Å²) in [5.41, 5.74) is 6.36. The lowest BCUT2D eigenvalue weighted by Crippen LogP contribution is -2.42. The second kappa shape index (κ2) is 4.14. The molecule has 2 N–H and O–H groups in total. The van der Waals surface area contributed by atoms with Crippen LogP contribution in [0.3, 0.4) is 0 Å². The summed E-state index contributed by atoms with van der Waals surface area (Å²) in [4.78, 5) is 0. The van der Waals surface area contributed by atoms with Gasteiger partial charge in [0.1, 0.15) is 5.82 Å². The first kappa shape index (κ1) is 13.1. The molecule has 0 aliphatic heterocycles. The number of hydrogen-bond acceptors (Lipinski definition) is 3. The molecule has 3 nitrogen and oxygen atoms in total. The van der Waals surface area contributed by atoms with Crippen LogP contribution in [0.5, 0.6) is 0 Å². The van der Waals surface area contributed by atoms with Crippen LogP contribution < -0.4 is 5.73 Å². The number of benzene rings is 1. The van der Waals surface area contributed by atoms with E-state index < -0.39 is 26.4 Å². The molecule has 0 aliphatic rings. The van der Waals surface area contributed by atoms with E-state index in [2.05, 4.69) is 0 Å². The van der Waals surface area contributed by atoms with Crippen LogP contribution in [0.15, 0.2) is 24.3 Å². The first-order valence-electron chi connectivity index (χ1n) is 4.87. The molecule has 0 heterocycles. The number of halogens is 1. The fraction of sp³-hybridized carbons (Fsp3) is 0.455. The molecule has 90 valence electrons. The quantitative estimate of drug-likeness (QED) is 0.880. The van der Waals surface area contributed by atoms with Crippen LogP contribution in [-0.2, 0) is 9.84 Å². The Kier molecular flexibility index (Phi) is 3.40. The molecule has 0 saturated heterocycles. The molecular formula is C11H16FNO2S. The SMILES string of the molecule is CC(C)(C(N)c1cccc(F)c1)S(C)(=O)=O. The minimum Gasteiger partial charge on any atom is -0.323 e. The molecular weight excluding hydrogens is 229 g/mol. The van der Waals surface area contributed by atoms with Crippen molar-refractivity contribution in [1.29, 1.82) is 0 Å². The zero-order valence-corrected chi connectivity index (χ0v) is 10.4. The molecule has 0 saturated carbocycles. The van der Waals surface area contributed by atoms with Crippen LogP contribution in [0.2, 0.25) is 0 Å². The highest BCUT2D eigenvalue weighted by Crippen LogP contribution is 2.30. The summed E-state index contributed by atoms with van der Waals surface area (Å²) < 4.78 is 35.0. The molecule has 1 rings (SSSR count). The molecule has 5 heteroatoms. The van der Waals surface area contributed by atoms with Crippen LogP contribution in [0.4, 0.5) is 4.39 Å². The molecule has 0 radical (unpaired) electrons. The maximum Gasteiger partial charge on any atom is 0.154 e. The summed E-state index contributed by atoms with van der Waals surface area (Å²) in [6.07, 6.45) is 1.13. The molecule has 0 amide bonds. The van der Waals surface area contributed by atoms with Gasteiger partial charge in [0.05, 0.1) is 4.75 Å². The molecule has 0 aliphatic carbocycles.